The van der Waals surface area contributed by atoms with Gasteiger partial charge in [0.15, 0.2) is 0 Å². The molecule has 1 atom stereocenters. The first-order chi connectivity index (χ1) is 9.58. The van der Waals surface area contributed by atoms with Crippen molar-refractivity contribution >= 4 is 39.6 Å². The average molecular weight is 379 g/mol. The highest BCUT2D eigenvalue weighted by molar-refractivity contribution is 9.10. The summed E-state index contributed by atoms with van der Waals surface area (Å²) >= 11 is 9.33. The van der Waals surface area contributed by atoms with Crippen LogP contribution in [0.1, 0.15) is 26.3 Å². The first-order valence-electron chi connectivity index (χ1n) is 6.25. The van der Waals surface area contributed by atoms with Gasteiger partial charge < -0.3 is 15.2 Å². The summed E-state index contributed by atoms with van der Waals surface area (Å²) in [5.74, 6) is -1.15. The van der Waals surface area contributed by atoms with Crippen LogP contribution in [0.25, 0.3) is 0 Å². The van der Waals surface area contributed by atoms with Gasteiger partial charge in [0.05, 0.1) is 0 Å². The van der Waals surface area contributed by atoms with Gasteiger partial charge in [0, 0.05) is 15.9 Å². The quantitative estimate of drug-likeness (QED) is 0.839. The molecule has 0 aliphatic heterocycles. The van der Waals surface area contributed by atoms with Gasteiger partial charge in [-0.15, -0.1) is 0 Å². The van der Waals surface area contributed by atoms with E-state index >= 15 is 0 Å². The van der Waals surface area contributed by atoms with Crippen LogP contribution in [-0.2, 0) is 16.0 Å². The summed E-state index contributed by atoms with van der Waals surface area (Å²) in [5.41, 5.74) is -0.0640. The highest BCUT2D eigenvalue weighted by atomic mass is 79.9. The van der Waals surface area contributed by atoms with Gasteiger partial charge >= 0.3 is 12.1 Å². The number of amides is 1. The van der Waals surface area contributed by atoms with E-state index in [2.05, 4.69) is 21.2 Å². The van der Waals surface area contributed by atoms with E-state index in [1.165, 1.54) is 0 Å². The summed E-state index contributed by atoms with van der Waals surface area (Å²) in [7, 11) is 0. The summed E-state index contributed by atoms with van der Waals surface area (Å²) in [6.07, 6.45) is -0.705. The minimum Gasteiger partial charge on any atom is -0.480 e. The van der Waals surface area contributed by atoms with Gasteiger partial charge in [-0.25, -0.2) is 9.59 Å². The largest absolute Gasteiger partial charge is 0.480 e. The predicted molar refractivity (Wildman–Crippen MR) is 83.6 cm³/mol. The molecule has 0 unspecified atom stereocenters. The first kappa shape index (κ1) is 17.8. The van der Waals surface area contributed by atoms with Crippen LogP contribution in [0.4, 0.5) is 4.79 Å². The molecular formula is C14H17BrClNO4. The number of alkyl carbamates (subject to hydrolysis) is 1. The maximum absolute atomic E-state index is 11.7. The zero-order valence-corrected chi connectivity index (χ0v) is 14.3. The second kappa shape index (κ2) is 7.13. The van der Waals surface area contributed by atoms with Crippen LogP contribution < -0.4 is 5.32 Å². The SMILES string of the molecule is CC(C)(C)OC(=O)N[C@H](Cc1ccc(Br)cc1Cl)C(=O)O. The second-order valence-electron chi connectivity index (χ2n) is 5.48. The Morgan fingerprint density at radius 2 is 2.05 bits per heavy atom. The van der Waals surface area contributed by atoms with Crippen molar-refractivity contribution in [3.63, 3.8) is 0 Å². The molecule has 0 saturated carbocycles. The minimum absolute atomic E-state index is 0.0701. The monoisotopic (exact) mass is 377 g/mol. The molecule has 0 aliphatic rings. The number of hydrogen-bond donors (Lipinski definition) is 2. The Labute approximate surface area is 136 Å². The number of carbonyl (C=O) groups is 2. The van der Waals surface area contributed by atoms with Crippen molar-refractivity contribution in [2.24, 2.45) is 0 Å². The number of carboxylic acids is 1. The normalized spacial score (nSPS) is 12.6. The average Bonchev–Trinajstić information content (AvgIpc) is 2.28. The Morgan fingerprint density at radius 1 is 1.43 bits per heavy atom. The van der Waals surface area contributed by atoms with Crippen molar-refractivity contribution in [1.82, 2.24) is 5.32 Å². The number of nitrogens with one attached hydrogen (secondary N) is 1. The minimum atomic E-state index is -1.15. The lowest BCUT2D eigenvalue weighted by Gasteiger charge is -2.22. The van der Waals surface area contributed by atoms with Crippen molar-refractivity contribution in [2.75, 3.05) is 0 Å². The third-order valence-electron chi connectivity index (χ3n) is 2.43. The van der Waals surface area contributed by atoms with Crippen LogP contribution in [0.5, 0.6) is 0 Å². The standard InChI is InChI=1S/C14H17BrClNO4/c1-14(2,3)21-13(20)17-11(12(18)19)6-8-4-5-9(15)7-10(8)16/h4-5,7,11H,6H2,1-3H3,(H,17,20)(H,18,19)/t11-/m1/s1. The maximum Gasteiger partial charge on any atom is 0.408 e. The van der Waals surface area contributed by atoms with Crippen LogP contribution in [0, 0.1) is 0 Å². The Morgan fingerprint density at radius 3 is 2.52 bits per heavy atom. The molecule has 0 radical (unpaired) electrons. The van der Waals surface area contributed by atoms with Crippen molar-refractivity contribution in [3.8, 4) is 0 Å². The van der Waals surface area contributed by atoms with E-state index in [1.807, 2.05) is 0 Å². The molecule has 1 aromatic rings. The summed E-state index contributed by atoms with van der Waals surface area (Å²) < 4.78 is 5.85. The third-order valence-corrected chi connectivity index (χ3v) is 3.27. The molecule has 116 valence electrons. The van der Waals surface area contributed by atoms with Gasteiger partial charge in [-0.1, -0.05) is 33.6 Å². The number of benzene rings is 1. The van der Waals surface area contributed by atoms with Gasteiger partial charge in [-0.2, -0.15) is 0 Å². The van der Waals surface area contributed by atoms with Crippen LogP contribution >= 0.6 is 27.5 Å². The summed E-state index contributed by atoms with van der Waals surface area (Å²) in [4.78, 5) is 22.9. The van der Waals surface area contributed by atoms with E-state index in [0.717, 1.165) is 4.47 Å². The fourth-order valence-corrected chi connectivity index (χ4v) is 2.31. The highest BCUT2D eigenvalue weighted by Crippen LogP contribution is 2.22. The fraction of sp³-hybridized carbons (Fsp3) is 0.429. The molecule has 2 N–H and O–H groups in total. The summed E-state index contributed by atoms with van der Waals surface area (Å²) in [6.45, 7) is 5.11. The Bertz CT molecular complexity index is 542. The smallest absolute Gasteiger partial charge is 0.408 e. The number of aliphatic carboxylic acids is 1. The number of rotatable bonds is 4. The van der Waals surface area contributed by atoms with E-state index in [9.17, 15) is 14.7 Å². The van der Waals surface area contributed by atoms with Gasteiger partial charge in [0.2, 0.25) is 0 Å². The molecule has 0 saturated heterocycles. The molecule has 0 fully saturated rings. The van der Waals surface area contributed by atoms with Crippen LogP contribution in [-0.4, -0.2) is 28.8 Å². The summed E-state index contributed by atoms with van der Waals surface area (Å²) in [6, 6.07) is 4.02. The van der Waals surface area contributed by atoms with Crippen molar-refractivity contribution in [1.29, 1.82) is 0 Å². The van der Waals surface area contributed by atoms with Gasteiger partial charge in [0.25, 0.3) is 0 Å². The van der Waals surface area contributed by atoms with Gasteiger partial charge in [-0.3, -0.25) is 0 Å². The number of hydrogen-bond acceptors (Lipinski definition) is 3. The highest BCUT2D eigenvalue weighted by Gasteiger charge is 2.24. The predicted octanol–water partition coefficient (Wildman–Crippen LogP) is 3.62. The van der Waals surface area contributed by atoms with Crippen LogP contribution in [0.2, 0.25) is 5.02 Å². The zero-order chi connectivity index (χ0) is 16.2. The zero-order valence-electron chi connectivity index (χ0n) is 11.9. The van der Waals surface area contributed by atoms with E-state index < -0.39 is 23.7 Å². The van der Waals surface area contributed by atoms with Crippen molar-refractivity contribution < 1.29 is 19.4 Å². The number of carboxylic acid groups (broad SMARTS) is 1. The van der Waals surface area contributed by atoms with E-state index in [0.29, 0.717) is 10.6 Å². The molecule has 21 heavy (non-hydrogen) atoms. The van der Waals surface area contributed by atoms with E-state index in [1.54, 1.807) is 39.0 Å². The van der Waals surface area contributed by atoms with Crippen molar-refractivity contribution in [2.45, 2.75) is 38.8 Å². The number of carbonyl (C=O) groups excluding carboxylic acids is 1. The Balaban J connectivity index is 2.79. The van der Waals surface area contributed by atoms with Gasteiger partial charge in [0.1, 0.15) is 11.6 Å². The van der Waals surface area contributed by atoms with Crippen LogP contribution in [0.15, 0.2) is 22.7 Å². The molecule has 1 aromatic carbocycles. The van der Waals surface area contributed by atoms with Crippen LogP contribution in [0.3, 0.4) is 0 Å². The lowest BCUT2D eigenvalue weighted by Crippen LogP contribution is -2.44. The number of ether oxygens (including phenoxy) is 1. The molecule has 0 spiro atoms. The molecule has 0 aromatic heterocycles. The molecule has 5 nitrogen and oxygen atoms in total. The molecule has 0 aliphatic carbocycles. The third kappa shape index (κ3) is 6.35. The van der Waals surface area contributed by atoms with Crippen molar-refractivity contribution in [3.05, 3.63) is 33.3 Å². The van der Waals surface area contributed by atoms with E-state index in [-0.39, 0.29) is 6.42 Å². The Kier molecular flexibility index (Phi) is 6.04. The second-order valence-corrected chi connectivity index (χ2v) is 6.80. The maximum atomic E-state index is 11.7. The molecule has 0 bridgehead atoms. The summed E-state index contributed by atoms with van der Waals surface area (Å²) in [5, 5.41) is 12.0. The molecule has 1 amide bonds. The molecule has 7 heteroatoms. The topological polar surface area (TPSA) is 75.6 Å². The number of halogens is 2. The molecular weight excluding hydrogens is 362 g/mol. The lowest BCUT2D eigenvalue weighted by molar-refractivity contribution is -0.139. The van der Waals surface area contributed by atoms with Gasteiger partial charge in [-0.05, 0) is 38.5 Å². The lowest BCUT2D eigenvalue weighted by atomic mass is 10.1. The fourth-order valence-electron chi connectivity index (χ4n) is 1.56. The van der Waals surface area contributed by atoms with E-state index in [4.69, 9.17) is 16.3 Å². The first-order valence-corrected chi connectivity index (χ1v) is 7.42. The molecule has 0 heterocycles. The Hall–Kier alpha value is -1.27. The molecule has 1 rings (SSSR count).